The van der Waals surface area contributed by atoms with Crippen LogP contribution in [-0.2, 0) is 16.6 Å². The van der Waals surface area contributed by atoms with Crippen LogP contribution in [0.4, 0.5) is 10.1 Å². The van der Waals surface area contributed by atoms with Crippen molar-refractivity contribution in [1.29, 1.82) is 0 Å². The van der Waals surface area contributed by atoms with Crippen molar-refractivity contribution in [3.05, 3.63) is 59.4 Å². The number of halogens is 1. The lowest BCUT2D eigenvalue weighted by molar-refractivity contribution is 0.460. The van der Waals surface area contributed by atoms with Crippen molar-refractivity contribution in [1.82, 2.24) is 4.31 Å². The van der Waals surface area contributed by atoms with Gasteiger partial charge in [-0.25, -0.2) is 12.8 Å². The number of hydrogen-bond donors (Lipinski definition) is 1. The van der Waals surface area contributed by atoms with E-state index in [2.05, 4.69) is 0 Å². The fourth-order valence-electron chi connectivity index (χ4n) is 2.07. The highest BCUT2D eigenvalue weighted by atomic mass is 32.2. The molecule has 4 nitrogen and oxygen atoms in total. The first-order chi connectivity index (χ1) is 9.84. The van der Waals surface area contributed by atoms with E-state index in [1.54, 1.807) is 0 Å². The van der Waals surface area contributed by atoms with E-state index in [1.807, 2.05) is 31.2 Å². The van der Waals surface area contributed by atoms with Crippen molar-refractivity contribution in [2.75, 3.05) is 12.8 Å². The van der Waals surface area contributed by atoms with Gasteiger partial charge in [0.2, 0.25) is 10.0 Å². The molecule has 0 saturated heterocycles. The third-order valence-corrected chi connectivity index (χ3v) is 5.22. The average Bonchev–Trinajstić information content (AvgIpc) is 2.40. The van der Waals surface area contributed by atoms with Crippen LogP contribution in [0.1, 0.15) is 11.1 Å². The van der Waals surface area contributed by atoms with Gasteiger partial charge in [-0.3, -0.25) is 0 Å². The number of hydrogen-bond acceptors (Lipinski definition) is 3. The molecule has 21 heavy (non-hydrogen) atoms. The summed E-state index contributed by atoms with van der Waals surface area (Å²) in [5, 5.41) is 0. The second kappa shape index (κ2) is 5.83. The van der Waals surface area contributed by atoms with Crippen LogP contribution in [0.15, 0.2) is 47.4 Å². The van der Waals surface area contributed by atoms with Crippen molar-refractivity contribution in [3.8, 4) is 0 Å². The lowest BCUT2D eigenvalue weighted by Gasteiger charge is -2.19. The van der Waals surface area contributed by atoms with E-state index < -0.39 is 20.7 Å². The highest BCUT2D eigenvalue weighted by Gasteiger charge is 2.27. The van der Waals surface area contributed by atoms with E-state index in [4.69, 9.17) is 5.73 Å². The molecule has 0 fully saturated rings. The summed E-state index contributed by atoms with van der Waals surface area (Å²) in [4.78, 5) is -0.471. The van der Waals surface area contributed by atoms with Gasteiger partial charge in [0, 0.05) is 13.6 Å². The average molecular weight is 308 g/mol. The molecule has 0 aliphatic carbocycles. The summed E-state index contributed by atoms with van der Waals surface area (Å²) >= 11 is 0. The molecule has 0 saturated carbocycles. The van der Waals surface area contributed by atoms with Crippen LogP contribution < -0.4 is 5.73 Å². The van der Waals surface area contributed by atoms with Crippen LogP contribution in [-0.4, -0.2) is 19.8 Å². The van der Waals surface area contributed by atoms with Gasteiger partial charge in [-0.05, 0) is 30.2 Å². The topological polar surface area (TPSA) is 63.4 Å². The number of nitrogen functional groups attached to an aromatic ring is 1. The van der Waals surface area contributed by atoms with Gasteiger partial charge in [-0.15, -0.1) is 0 Å². The largest absolute Gasteiger partial charge is 0.398 e. The lowest BCUT2D eigenvalue weighted by atomic mass is 10.1. The van der Waals surface area contributed by atoms with Crippen LogP contribution in [0.5, 0.6) is 0 Å². The lowest BCUT2D eigenvalue weighted by Crippen LogP contribution is -2.28. The number of anilines is 1. The van der Waals surface area contributed by atoms with Crippen LogP contribution in [0.25, 0.3) is 0 Å². The van der Waals surface area contributed by atoms with Crippen molar-refractivity contribution < 1.29 is 12.8 Å². The fourth-order valence-corrected chi connectivity index (χ4v) is 3.37. The van der Waals surface area contributed by atoms with Gasteiger partial charge in [0.15, 0.2) is 0 Å². The Kier molecular flexibility index (Phi) is 4.29. The smallest absolute Gasteiger partial charge is 0.248 e. The van der Waals surface area contributed by atoms with Crippen LogP contribution in [0, 0.1) is 12.7 Å². The first-order valence-corrected chi connectivity index (χ1v) is 7.83. The van der Waals surface area contributed by atoms with Gasteiger partial charge in [-0.1, -0.05) is 30.3 Å². The van der Waals surface area contributed by atoms with Gasteiger partial charge in [-0.2, -0.15) is 4.31 Å². The molecule has 0 aliphatic heterocycles. The SMILES string of the molecule is Cc1ccccc1CN(C)S(=O)(=O)c1c(N)cccc1F. The molecular formula is C15H17FN2O2S. The second-order valence-corrected chi connectivity index (χ2v) is 6.83. The number of nitrogens with zero attached hydrogens (tertiary/aromatic N) is 1. The first kappa shape index (κ1) is 15.5. The minimum atomic E-state index is -3.98. The Bertz CT molecular complexity index is 740. The molecular weight excluding hydrogens is 291 g/mol. The minimum Gasteiger partial charge on any atom is -0.398 e. The van der Waals surface area contributed by atoms with E-state index >= 15 is 0 Å². The van der Waals surface area contributed by atoms with E-state index in [0.717, 1.165) is 21.5 Å². The number of rotatable bonds is 4. The van der Waals surface area contributed by atoms with Crippen LogP contribution in [0.2, 0.25) is 0 Å². The van der Waals surface area contributed by atoms with Crippen molar-refractivity contribution >= 4 is 15.7 Å². The fraction of sp³-hybridized carbons (Fsp3) is 0.200. The van der Waals surface area contributed by atoms with Crippen LogP contribution >= 0.6 is 0 Å². The minimum absolute atomic E-state index is 0.0911. The molecule has 0 spiro atoms. The molecule has 0 aliphatic rings. The zero-order chi connectivity index (χ0) is 15.6. The standard InChI is InChI=1S/C15H17FN2O2S/c1-11-6-3-4-7-12(11)10-18(2)21(19,20)15-13(16)8-5-9-14(15)17/h3-9H,10,17H2,1-2H3. The van der Waals surface area contributed by atoms with E-state index in [0.29, 0.717) is 0 Å². The van der Waals surface area contributed by atoms with E-state index in [1.165, 1.54) is 19.2 Å². The number of sulfonamides is 1. The van der Waals surface area contributed by atoms with Crippen molar-refractivity contribution in [2.24, 2.45) is 0 Å². The summed E-state index contributed by atoms with van der Waals surface area (Å²) < 4.78 is 39.9. The number of nitrogens with two attached hydrogens (primary N) is 1. The molecule has 0 bridgehead atoms. The number of aryl methyl sites for hydroxylation is 1. The highest BCUT2D eigenvalue weighted by molar-refractivity contribution is 7.89. The van der Waals surface area contributed by atoms with Gasteiger partial charge >= 0.3 is 0 Å². The molecule has 0 atom stereocenters. The maximum Gasteiger partial charge on any atom is 0.248 e. The van der Waals surface area contributed by atoms with Gasteiger partial charge in [0.05, 0.1) is 5.69 Å². The molecule has 0 radical (unpaired) electrons. The Morgan fingerprint density at radius 2 is 1.81 bits per heavy atom. The highest BCUT2D eigenvalue weighted by Crippen LogP contribution is 2.25. The molecule has 2 aromatic carbocycles. The predicted octanol–water partition coefficient (Wildman–Crippen LogP) is 2.54. The summed E-state index contributed by atoms with van der Waals surface area (Å²) in [6.45, 7) is 2.05. The molecule has 6 heteroatoms. The van der Waals surface area contributed by atoms with Gasteiger partial charge in [0.25, 0.3) is 0 Å². The van der Waals surface area contributed by atoms with Gasteiger partial charge < -0.3 is 5.73 Å². The normalized spacial score (nSPS) is 11.8. The molecule has 0 heterocycles. The molecule has 2 aromatic rings. The predicted molar refractivity (Wildman–Crippen MR) is 80.6 cm³/mol. The zero-order valence-corrected chi connectivity index (χ0v) is 12.7. The van der Waals surface area contributed by atoms with Crippen LogP contribution in [0.3, 0.4) is 0 Å². The second-order valence-electron chi connectivity index (χ2n) is 4.85. The summed E-state index contributed by atoms with van der Waals surface area (Å²) in [5.41, 5.74) is 7.36. The monoisotopic (exact) mass is 308 g/mol. The Hall–Kier alpha value is -1.92. The molecule has 112 valence electrons. The third kappa shape index (κ3) is 3.06. The Morgan fingerprint density at radius 1 is 1.14 bits per heavy atom. The van der Waals surface area contributed by atoms with Crippen molar-refractivity contribution in [3.63, 3.8) is 0 Å². The quantitative estimate of drug-likeness (QED) is 0.883. The third-order valence-electron chi connectivity index (χ3n) is 3.32. The molecule has 0 amide bonds. The van der Waals surface area contributed by atoms with Crippen molar-refractivity contribution in [2.45, 2.75) is 18.4 Å². The summed E-state index contributed by atoms with van der Waals surface area (Å²) in [5.74, 6) is -0.841. The Labute approximate surface area is 124 Å². The maximum absolute atomic E-state index is 13.8. The van der Waals surface area contributed by atoms with E-state index in [-0.39, 0.29) is 12.2 Å². The maximum atomic E-state index is 13.8. The molecule has 0 unspecified atom stereocenters. The Morgan fingerprint density at radius 3 is 2.43 bits per heavy atom. The summed E-state index contributed by atoms with van der Waals surface area (Å²) in [6, 6.07) is 11.3. The number of benzene rings is 2. The summed E-state index contributed by atoms with van der Waals surface area (Å²) in [6.07, 6.45) is 0. The molecule has 0 aromatic heterocycles. The van der Waals surface area contributed by atoms with E-state index in [9.17, 15) is 12.8 Å². The summed E-state index contributed by atoms with van der Waals surface area (Å²) in [7, 11) is -2.57. The first-order valence-electron chi connectivity index (χ1n) is 6.39. The molecule has 2 N–H and O–H groups in total. The van der Waals surface area contributed by atoms with Gasteiger partial charge in [0.1, 0.15) is 10.7 Å². The Balaban J connectivity index is 2.38. The molecule has 2 rings (SSSR count). The zero-order valence-electron chi connectivity index (χ0n) is 11.9.